The van der Waals surface area contributed by atoms with Crippen LogP contribution in [0.5, 0.6) is 5.75 Å². The van der Waals surface area contributed by atoms with Gasteiger partial charge in [0.15, 0.2) is 11.0 Å². The Kier molecular flexibility index (Phi) is 2.99. The molecule has 1 aromatic heterocycles. The molecule has 0 amide bonds. The topological polar surface area (TPSA) is 35.1 Å². The normalized spacial score (nSPS) is 10.7. The first-order chi connectivity index (χ1) is 9.74. The van der Waals surface area contributed by atoms with Gasteiger partial charge in [0.05, 0.1) is 14.1 Å². The number of nitrogens with zero attached hydrogens (tertiary/aromatic N) is 2. The average Bonchev–Trinajstić information content (AvgIpc) is 2.73. The molecule has 0 radical (unpaired) electrons. The van der Waals surface area contributed by atoms with Crippen LogP contribution in [0.4, 0.5) is 0 Å². The van der Waals surface area contributed by atoms with Crippen LogP contribution in [0.2, 0.25) is 0 Å². The largest absolute Gasteiger partial charge is 0.428 e. The lowest BCUT2D eigenvalue weighted by atomic mass is 10.2. The van der Waals surface area contributed by atoms with E-state index < -0.39 is 0 Å². The third-order valence-electron chi connectivity index (χ3n) is 3.54. The monoisotopic (exact) mass is 267 g/mol. The second-order valence-corrected chi connectivity index (χ2v) is 4.64. The molecule has 4 heteroatoms. The molecule has 100 valence electrons. The van der Waals surface area contributed by atoms with E-state index in [1.807, 2.05) is 44.4 Å². The zero-order valence-corrected chi connectivity index (χ0v) is 11.4. The summed E-state index contributed by atoms with van der Waals surface area (Å²) in [6.45, 7) is 0.460. The summed E-state index contributed by atoms with van der Waals surface area (Å²) in [6, 6.07) is 15.7. The van der Waals surface area contributed by atoms with Crippen molar-refractivity contribution in [2.24, 2.45) is 14.1 Å². The molecule has 0 aliphatic carbocycles. The Hall–Kier alpha value is -2.62. The van der Waals surface area contributed by atoms with Gasteiger partial charge in [-0.1, -0.05) is 24.3 Å². The Morgan fingerprint density at radius 3 is 2.55 bits per heavy atom. The van der Waals surface area contributed by atoms with Crippen LogP contribution in [-0.2, 0) is 18.9 Å². The van der Waals surface area contributed by atoms with Crippen LogP contribution in [0.3, 0.4) is 0 Å². The smallest absolute Gasteiger partial charge is 0.298 e. The van der Waals surface area contributed by atoms with Gasteiger partial charge < -0.3 is 4.74 Å². The number of imidazole rings is 1. The zero-order valence-electron chi connectivity index (χ0n) is 11.4. The Morgan fingerprint density at radius 1 is 1.10 bits per heavy atom. The lowest BCUT2D eigenvalue weighted by molar-refractivity contribution is -0.634. The highest BCUT2D eigenvalue weighted by atomic mass is 16.5. The molecule has 0 unspecified atom stereocenters. The SMILES string of the molecule is Cn1c(-c2ccccc2OC=O)[n+](C)c2ccccc21. The predicted molar refractivity (Wildman–Crippen MR) is 76.2 cm³/mol. The molecule has 0 bridgehead atoms. The fraction of sp³-hybridized carbons (Fsp3) is 0.125. The highest BCUT2D eigenvalue weighted by molar-refractivity contribution is 5.77. The Balaban J connectivity index is 2.33. The Labute approximate surface area is 116 Å². The van der Waals surface area contributed by atoms with Crippen molar-refractivity contribution in [1.82, 2.24) is 4.57 Å². The van der Waals surface area contributed by atoms with E-state index in [-0.39, 0.29) is 0 Å². The maximum absolute atomic E-state index is 10.7. The molecule has 0 fully saturated rings. The third-order valence-corrected chi connectivity index (χ3v) is 3.54. The van der Waals surface area contributed by atoms with Gasteiger partial charge in [-0.25, -0.2) is 9.13 Å². The molecule has 2 aromatic carbocycles. The summed E-state index contributed by atoms with van der Waals surface area (Å²) in [5.41, 5.74) is 3.15. The number of hydrogen-bond donors (Lipinski definition) is 0. The summed E-state index contributed by atoms with van der Waals surface area (Å²) in [6.07, 6.45) is 0. The number of rotatable bonds is 3. The van der Waals surface area contributed by atoms with Crippen molar-refractivity contribution in [3.05, 3.63) is 48.5 Å². The number of benzene rings is 2. The zero-order chi connectivity index (χ0) is 14.1. The molecule has 0 atom stereocenters. The minimum atomic E-state index is 0.460. The van der Waals surface area contributed by atoms with Crippen LogP contribution < -0.4 is 9.30 Å². The standard InChI is InChI=1S/C16H15N2O2/c1-17-13-8-4-5-9-14(13)18(2)16(17)12-7-3-6-10-15(12)20-11-19/h3-11H,1-2H3/q+1. The van der Waals surface area contributed by atoms with Gasteiger partial charge in [0, 0.05) is 0 Å². The highest BCUT2D eigenvalue weighted by Crippen LogP contribution is 2.29. The lowest BCUT2D eigenvalue weighted by Gasteiger charge is -2.04. The van der Waals surface area contributed by atoms with Crippen LogP contribution in [0, 0.1) is 0 Å². The van der Waals surface area contributed by atoms with Crippen molar-refractivity contribution in [3.8, 4) is 17.1 Å². The van der Waals surface area contributed by atoms with Crippen LogP contribution in [0.25, 0.3) is 22.4 Å². The van der Waals surface area contributed by atoms with Crippen molar-refractivity contribution in [2.75, 3.05) is 0 Å². The van der Waals surface area contributed by atoms with Gasteiger partial charge >= 0.3 is 0 Å². The van der Waals surface area contributed by atoms with Gasteiger partial charge in [0.1, 0.15) is 11.3 Å². The quantitative estimate of drug-likeness (QED) is 0.538. The molecule has 3 rings (SSSR count). The van der Waals surface area contributed by atoms with Gasteiger partial charge in [-0.15, -0.1) is 0 Å². The minimum Gasteiger partial charge on any atom is -0.428 e. The molecular weight excluding hydrogens is 252 g/mol. The first kappa shape index (κ1) is 12.4. The number of carbonyl (C=O) groups excluding carboxylic acids is 1. The number of para-hydroxylation sites is 3. The molecule has 4 nitrogen and oxygen atoms in total. The molecular formula is C16H15N2O2+. The molecule has 0 N–H and O–H groups in total. The fourth-order valence-corrected chi connectivity index (χ4v) is 2.65. The van der Waals surface area contributed by atoms with Crippen LogP contribution in [0.1, 0.15) is 0 Å². The fourth-order valence-electron chi connectivity index (χ4n) is 2.65. The number of aromatic nitrogens is 2. The van der Waals surface area contributed by atoms with Crippen LogP contribution in [-0.4, -0.2) is 11.0 Å². The molecule has 0 saturated heterocycles. The molecule has 20 heavy (non-hydrogen) atoms. The summed E-state index contributed by atoms with van der Waals surface area (Å²) in [5, 5.41) is 0. The summed E-state index contributed by atoms with van der Waals surface area (Å²) in [5.74, 6) is 1.55. The predicted octanol–water partition coefficient (Wildman–Crippen LogP) is 2.21. The molecule has 1 heterocycles. The number of aryl methyl sites for hydroxylation is 2. The van der Waals surface area contributed by atoms with Crippen LogP contribution in [0.15, 0.2) is 48.5 Å². The Bertz CT molecular complexity index is 751. The van der Waals surface area contributed by atoms with E-state index in [0.717, 1.165) is 22.4 Å². The number of carbonyl (C=O) groups is 1. The van der Waals surface area contributed by atoms with E-state index >= 15 is 0 Å². The van der Waals surface area contributed by atoms with E-state index in [1.54, 1.807) is 6.07 Å². The van der Waals surface area contributed by atoms with Crippen molar-refractivity contribution >= 4 is 17.5 Å². The van der Waals surface area contributed by atoms with Crippen molar-refractivity contribution in [3.63, 3.8) is 0 Å². The van der Waals surface area contributed by atoms with E-state index in [0.29, 0.717) is 12.2 Å². The van der Waals surface area contributed by atoms with E-state index in [2.05, 4.69) is 21.3 Å². The number of fused-ring (bicyclic) bond motifs is 1. The number of ether oxygens (including phenoxy) is 1. The Morgan fingerprint density at radius 2 is 1.80 bits per heavy atom. The van der Waals surface area contributed by atoms with E-state index in [4.69, 9.17) is 4.74 Å². The van der Waals surface area contributed by atoms with Crippen molar-refractivity contribution in [1.29, 1.82) is 0 Å². The maximum atomic E-state index is 10.7. The van der Waals surface area contributed by atoms with Crippen molar-refractivity contribution < 1.29 is 14.1 Å². The van der Waals surface area contributed by atoms with Gasteiger partial charge in [-0.3, -0.25) is 4.79 Å². The molecule has 3 aromatic rings. The van der Waals surface area contributed by atoms with Gasteiger partial charge in [-0.05, 0) is 24.3 Å². The van der Waals surface area contributed by atoms with Crippen molar-refractivity contribution in [2.45, 2.75) is 0 Å². The van der Waals surface area contributed by atoms with E-state index in [9.17, 15) is 4.79 Å². The first-order valence-corrected chi connectivity index (χ1v) is 6.37. The summed E-state index contributed by atoms with van der Waals surface area (Å²) < 4.78 is 9.29. The summed E-state index contributed by atoms with van der Waals surface area (Å²) >= 11 is 0. The first-order valence-electron chi connectivity index (χ1n) is 6.37. The van der Waals surface area contributed by atoms with Gasteiger partial charge in [-0.2, -0.15) is 0 Å². The van der Waals surface area contributed by atoms with Gasteiger partial charge in [0.25, 0.3) is 12.3 Å². The lowest BCUT2D eigenvalue weighted by Crippen LogP contribution is -2.30. The molecule has 0 aliphatic heterocycles. The minimum absolute atomic E-state index is 0.460. The molecule has 0 aliphatic rings. The summed E-state index contributed by atoms with van der Waals surface area (Å²) in [4.78, 5) is 10.7. The number of hydrogen-bond acceptors (Lipinski definition) is 2. The average molecular weight is 267 g/mol. The molecule has 0 spiro atoms. The second kappa shape index (κ2) is 4.81. The molecule has 0 saturated carbocycles. The van der Waals surface area contributed by atoms with Gasteiger partial charge in [0.2, 0.25) is 0 Å². The maximum Gasteiger partial charge on any atom is 0.298 e. The van der Waals surface area contributed by atoms with Crippen LogP contribution >= 0.6 is 0 Å². The summed E-state index contributed by atoms with van der Waals surface area (Å²) in [7, 11) is 4.02. The second-order valence-electron chi connectivity index (χ2n) is 4.64. The third kappa shape index (κ3) is 1.77. The van der Waals surface area contributed by atoms with E-state index in [1.165, 1.54) is 0 Å². The highest BCUT2D eigenvalue weighted by Gasteiger charge is 2.24.